The highest BCUT2D eigenvalue weighted by Gasteiger charge is 2.31. The third kappa shape index (κ3) is 4.41. The fourth-order valence-electron chi connectivity index (χ4n) is 2.12. The third-order valence-electron chi connectivity index (χ3n) is 3.18. The molecule has 0 aliphatic heterocycles. The maximum Gasteiger partial charge on any atom is 0.573 e. The normalized spacial score (nSPS) is 11.3. The van der Waals surface area contributed by atoms with Crippen LogP contribution in [0.4, 0.5) is 18.9 Å². The van der Waals surface area contributed by atoms with Crippen LogP contribution in [0.2, 0.25) is 0 Å². The van der Waals surface area contributed by atoms with Crippen LogP contribution in [-0.4, -0.2) is 6.36 Å². The fourth-order valence-corrected chi connectivity index (χ4v) is 2.12. The molecular weight excluding hydrogens is 279 g/mol. The highest BCUT2D eigenvalue weighted by molar-refractivity contribution is 5.49. The first kappa shape index (κ1) is 15.2. The first-order chi connectivity index (χ1) is 9.85. The summed E-state index contributed by atoms with van der Waals surface area (Å²) in [7, 11) is 0. The number of halogens is 3. The van der Waals surface area contributed by atoms with Gasteiger partial charge in [0.15, 0.2) is 0 Å². The van der Waals surface area contributed by atoms with Gasteiger partial charge in [0.2, 0.25) is 0 Å². The minimum Gasteiger partial charge on any atom is -0.406 e. The molecule has 2 aromatic rings. The molecule has 0 unspecified atom stereocenters. The summed E-state index contributed by atoms with van der Waals surface area (Å²) in [6.07, 6.45) is -4.68. The van der Waals surface area contributed by atoms with E-state index < -0.39 is 6.36 Å². The van der Waals surface area contributed by atoms with Crippen molar-refractivity contribution in [3.8, 4) is 5.75 Å². The van der Waals surface area contributed by atoms with Crippen LogP contribution in [0, 0.1) is 13.8 Å². The quantitative estimate of drug-likeness (QED) is 0.873. The van der Waals surface area contributed by atoms with Crippen molar-refractivity contribution in [1.29, 1.82) is 0 Å². The van der Waals surface area contributed by atoms with Gasteiger partial charge in [-0.15, -0.1) is 13.2 Å². The van der Waals surface area contributed by atoms with E-state index in [4.69, 9.17) is 0 Å². The van der Waals surface area contributed by atoms with E-state index in [1.54, 1.807) is 6.07 Å². The zero-order valence-corrected chi connectivity index (χ0v) is 11.8. The summed E-state index contributed by atoms with van der Waals surface area (Å²) in [6.45, 7) is 4.56. The lowest BCUT2D eigenvalue weighted by Crippen LogP contribution is -2.17. The zero-order chi connectivity index (χ0) is 15.5. The van der Waals surface area contributed by atoms with E-state index in [9.17, 15) is 13.2 Å². The number of nitrogens with one attached hydrogen (secondary N) is 1. The molecule has 0 bridgehead atoms. The highest BCUT2D eigenvalue weighted by Crippen LogP contribution is 2.25. The van der Waals surface area contributed by atoms with Gasteiger partial charge in [-0.2, -0.15) is 0 Å². The second-order valence-electron chi connectivity index (χ2n) is 4.80. The molecule has 0 saturated heterocycles. The Morgan fingerprint density at radius 3 is 2.24 bits per heavy atom. The van der Waals surface area contributed by atoms with E-state index >= 15 is 0 Å². The lowest BCUT2D eigenvalue weighted by molar-refractivity contribution is -0.274. The van der Waals surface area contributed by atoms with Gasteiger partial charge in [0.1, 0.15) is 5.75 Å². The Bertz CT molecular complexity index is 603. The van der Waals surface area contributed by atoms with Crippen molar-refractivity contribution >= 4 is 5.69 Å². The van der Waals surface area contributed by atoms with E-state index in [1.165, 1.54) is 18.2 Å². The second-order valence-corrected chi connectivity index (χ2v) is 4.80. The lowest BCUT2D eigenvalue weighted by atomic mass is 10.0. The van der Waals surface area contributed by atoms with Gasteiger partial charge in [-0.1, -0.05) is 24.3 Å². The first-order valence-corrected chi connectivity index (χ1v) is 6.50. The summed E-state index contributed by atoms with van der Waals surface area (Å²) in [6, 6.07) is 11.8. The van der Waals surface area contributed by atoms with Crippen molar-refractivity contribution < 1.29 is 17.9 Å². The molecule has 0 fully saturated rings. The molecule has 2 nitrogen and oxygen atoms in total. The Morgan fingerprint density at radius 2 is 1.62 bits per heavy atom. The van der Waals surface area contributed by atoms with Crippen molar-refractivity contribution in [3.05, 3.63) is 59.2 Å². The van der Waals surface area contributed by atoms with Gasteiger partial charge in [0.25, 0.3) is 0 Å². The van der Waals surface area contributed by atoms with Crippen molar-refractivity contribution in [2.24, 2.45) is 0 Å². The molecule has 21 heavy (non-hydrogen) atoms. The Kier molecular flexibility index (Phi) is 4.40. The van der Waals surface area contributed by atoms with Gasteiger partial charge in [0.05, 0.1) is 0 Å². The topological polar surface area (TPSA) is 21.3 Å². The molecule has 0 radical (unpaired) electrons. The maximum absolute atomic E-state index is 12.2. The number of alkyl halides is 3. The number of rotatable bonds is 4. The molecule has 112 valence electrons. The second kappa shape index (κ2) is 6.08. The standard InChI is InChI=1S/C16H16F3NO/c1-11-5-3-6-12(2)15(11)10-20-13-7-4-8-14(9-13)21-16(17,18)19/h3-9,20H,10H2,1-2H3. The van der Waals surface area contributed by atoms with Crippen molar-refractivity contribution in [2.75, 3.05) is 5.32 Å². The molecule has 0 amide bonds. The van der Waals surface area contributed by atoms with E-state index in [-0.39, 0.29) is 5.75 Å². The largest absolute Gasteiger partial charge is 0.573 e. The average Bonchev–Trinajstić information content (AvgIpc) is 2.36. The molecule has 0 saturated carbocycles. The van der Waals surface area contributed by atoms with E-state index in [2.05, 4.69) is 10.1 Å². The predicted octanol–water partition coefficient (Wildman–Crippen LogP) is 4.81. The Labute approximate surface area is 121 Å². The van der Waals surface area contributed by atoms with Crippen molar-refractivity contribution in [1.82, 2.24) is 0 Å². The van der Waals surface area contributed by atoms with Gasteiger partial charge >= 0.3 is 6.36 Å². The molecule has 0 aliphatic rings. The maximum atomic E-state index is 12.2. The molecule has 0 atom stereocenters. The summed E-state index contributed by atoms with van der Waals surface area (Å²) in [5.41, 5.74) is 4.01. The van der Waals surface area contributed by atoms with Crippen LogP contribution in [0.5, 0.6) is 5.75 Å². The number of anilines is 1. The SMILES string of the molecule is Cc1cccc(C)c1CNc1cccc(OC(F)(F)F)c1. The first-order valence-electron chi connectivity index (χ1n) is 6.50. The summed E-state index contributed by atoms with van der Waals surface area (Å²) >= 11 is 0. The Balaban J connectivity index is 2.09. The van der Waals surface area contributed by atoms with Crippen molar-refractivity contribution in [2.45, 2.75) is 26.8 Å². The molecule has 0 aromatic heterocycles. The minimum atomic E-state index is -4.68. The lowest BCUT2D eigenvalue weighted by Gasteiger charge is -2.13. The number of benzene rings is 2. The van der Waals surface area contributed by atoms with Crippen LogP contribution in [0.3, 0.4) is 0 Å². The average molecular weight is 295 g/mol. The summed E-state index contributed by atoms with van der Waals surface area (Å²) in [5.74, 6) is -0.228. The Hall–Kier alpha value is -2.17. The molecule has 2 aromatic carbocycles. The van der Waals surface area contributed by atoms with Crippen LogP contribution in [0.15, 0.2) is 42.5 Å². The number of aryl methyl sites for hydroxylation is 2. The van der Waals surface area contributed by atoms with Crippen LogP contribution in [-0.2, 0) is 6.54 Å². The summed E-state index contributed by atoms with van der Waals surface area (Å²) < 4.78 is 40.5. The van der Waals surface area contributed by atoms with Crippen molar-refractivity contribution in [3.63, 3.8) is 0 Å². The molecule has 2 rings (SSSR count). The van der Waals surface area contributed by atoms with Gasteiger partial charge in [0, 0.05) is 18.3 Å². The van der Waals surface area contributed by atoms with Gasteiger partial charge in [-0.3, -0.25) is 0 Å². The smallest absolute Gasteiger partial charge is 0.406 e. The fraction of sp³-hybridized carbons (Fsp3) is 0.250. The van der Waals surface area contributed by atoms with E-state index in [0.29, 0.717) is 12.2 Å². The number of hydrogen-bond acceptors (Lipinski definition) is 2. The molecule has 1 N–H and O–H groups in total. The van der Waals surface area contributed by atoms with Crippen LogP contribution < -0.4 is 10.1 Å². The molecule has 0 spiro atoms. The Morgan fingerprint density at radius 1 is 1.00 bits per heavy atom. The third-order valence-corrected chi connectivity index (χ3v) is 3.18. The summed E-state index contributed by atoms with van der Waals surface area (Å²) in [5, 5.41) is 3.12. The van der Waals surface area contributed by atoms with Crippen LogP contribution in [0.1, 0.15) is 16.7 Å². The van der Waals surface area contributed by atoms with Gasteiger partial charge in [-0.05, 0) is 42.7 Å². The minimum absolute atomic E-state index is 0.228. The van der Waals surface area contributed by atoms with Gasteiger partial charge < -0.3 is 10.1 Å². The zero-order valence-electron chi connectivity index (χ0n) is 11.8. The summed E-state index contributed by atoms with van der Waals surface area (Å²) in [4.78, 5) is 0. The molecule has 0 aliphatic carbocycles. The van der Waals surface area contributed by atoms with E-state index in [1.807, 2.05) is 32.0 Å². The highest BCUT2D eigenvalue weighted by atomic mass is 19.4. The molecule has 0 heterocycles. The number of ether oxygens (including phenoxy) is 1. The van der Waals surface area contributed by atoms with E-state index in [0.717, 1.165) is 16.7 Å². The predicted molar refractivity (Wildman–Crippen MR) is 76.4 cm³/mol. The van der Waals surface area contributed by atoms with Crippen LogP contribution >= 0.6 is 0 Å². The monoisotopic (exact) mass is 295 g/mol. The van der Waals surface area contributed by atoms with Crippen LogP contribution in [0.25, 0.3) is 0 Å². The molecule has 5 heteroatoms. The molecular formula is C16H16F3NO. The van der Waals surface area contributed by atoms with Gasteiger partial charge in [-0.25, -0.2) is 0 Å². The number of hydrogen-bond donors (Lipinski definition) is 1.